The van der Waals surface area contributed by atoms with Crippen molar-refractivity contribution in [3.05, 3.63) is 27.7 Å². The van der Waals surface area contributed by atoms with Crippen LogP contribution in [0.25, 0.3) is 11.0 Å². The van der Waals surface area contributed by atoms with E-state index in [0.717, 1.165) is 11.1 Å². The fourth-order valence-corrected chi connectivity index (χ4v) is 1.81. The number of aromatic nitrogens is 3. The van der Waals surface area contributed by atoms with E-state index in [1.54, 1.807) is 10.7 Å². The summed E-state index contributed by atoms with van der Waals surface area (Å²) in [6.45, 7) is 7.87. The van der Waals surface area contributed by atoms with E-state index in [-0.39, 0.29) is 16.7 Å². The summed E-state index contributed by atoms with van der Waals surface area (Å²) >= 11 is 0. The van der Waals surface area contributed by atoms with Crippen molar-refractivity contribution >= 4 is 17.3 Å². The molecule has 90 valence electrons. The van der Waals surface area contributed by atoms with Gasteiger partial charge in [0.1, 0.15) is 5.65 Å². The van der Waals surface area contributed by atoms with E-state index in [9.17, 15) is 9.59 Å². The molecule has 17 heavy (non-hydrogen) atoms. The van der Waals surface area contributed by atoms with E-state index in [4.69, 9.17) is 0 Å². The van der Waals surface area contributed by atoms with Gasteiger partial charge in [-0.05, 0) is 33.8 Å². The van der Waals surface area contributed by atoms with Gasteiger partial charge in [0.05, 0.1) is 16.8 Å². The fraction of sp³-hybridized carbons (Fsp3) is 0.417. The number of nitrogens with zero attached hydrogens (tertiary/aromatic N) is 2. The summed E-state index contributed by atoms with van der Waals surface area (Å²) in [6.07, 6.45) is 0.562. The Hall–Kier alpha value is -1.91. The summed E-state index contributed by atoms with van der Waals surface area (Å²) in [4.78, 5) is 25.1. The van der Waals surface area contributed by atoms with Crippen molar-refractivity contribution in [2.45, 2.75) is 33.2 Å². The molecule has 0 bridgehead atoms. The van der Waals surface area contributed by atoms with E-state index < -0.39 is 0 Å². The summed E-state index contributed by atoms with van der Waals surface area (Å²) in [5.74, 6) is 0. The predicted octanol–water partition coefficient (Wildman–Crippen LogP) is 1.60. The molecule has 0 aliphatic heterocycles. The number of aromatic amines is 1. The minimum absolute atomic E-state index is 0.133. The van der Waals surface area contributed by atoms with Gasteiger partial charge in [-0.3, -0.25) is 9.59 Å². The lowest BCUT2D eigenvalue weighted by molar-refractivity contribution is 0.112. The maximum absolute atomic E-state index is 11.6. The molecule has 0 aliphatic rings. The largest absolute Gasteiger partial charge is 0.306 e. The van der Waals surface area contributed by atoms with Crippen LogP contribution in [0, 0.1) is 6.92 Å². The Balaban J connectivity index is 2.89. The first-order chi connectivity index (χ1) is 7.84. The first-order valence-corrected chi connectivity index (χ1v) is 5.43. The molecule has 5 nitrogen and oxygen atoms in total. The van der Waals surface area contributed by atoms with Crippen LogP contribution in [0.2, 0.25) is 0 Å². The topological polar surface area (TPSA) is 67.8 Å². The van der Waals surface area contributed by atoms with Crippen molar-refractivity contribution < 1.29 is 4.79 Å². The minimum Gasteiger partial charge on any atom is -0.306 e. The van der Waals surface area contributed by atoms with Gasteiger partial charge in [-0.1, -0.05) is 0 Å². The summed E-state index contributed by atoms with van der Waals surface area (Å²) in [6, 6.07) is 1.59. The number of carbonyl (C=O) groups excluding carboxylic acids is 1. The van der Waals surface area contributed by atoms with Crippen LogP contribution in [0.1, 0.15) is 36.8 Å². The van der Waals surface area contributed by atoms with Gasteiger partial charge >= 0.3 is 0 Å². The molecule has 0 fully saturated rings. The van der Waals surface area contributed by atoms with Gasteiger partial charge in [0.25, 0.3) is 5.56 Å². The smallest absolute Gasteiger partial charge is 0.260 e. The van der Waals surface area contributed by atoms with Gasteiger partial charge in [0, 0.05) is 5.39 Å². The number of fused-ring (bicyclic) bond motifs is 1. The minimum atomic E-state index is -0.377. The van der Waals surface area contributed by atoms with E-state index in [2.05, 4.69) is 10.1 Å². The Morgan fingerprint density at radius 1 is 1.41 bits per heavy atom. The first-order valence-electron chi connectivity index (χ1n) is 5.43. The second kappa shape index (κ2) is 3.55. The van der Waals surface area contributed by atoms with Gasteiger partial charge in [0.2, 0.25) is 0 Å². The summed E-state index contributed by atoms with van der Waals surface area (Å²) < 4.78 is 1.77. The van der Waals surface area contributed by atoms with Crippen LogP contribution in [0.4, 0.5) is 0 Å². The molecule has 5 heteroatoms. The number of H-pyrrole nitrogens is 1. The Kier molecular flexibility index (Phi) is 2.41. The van der Waals surface area contributed by atoms with E-state index in [1.807, 2.05) is 27.7 Å². The Labute approximate surface area is 98.5 Å². The molecule has 0 radical (unpaired) electrons. The maximum atomic E-state index is 11.6. The average Bonchev–Trinajstić information content (AvgIpc) is 2.54. The normalized spacial score (nSPS) is 12.0. The lowest BCUT2D eigenvalue weighted by Gasteiger charge is -2.19. The zero-order valence-corrected chi connectivity index (χ0v) is 10.4. The predicted molar refractivity (Wildman–Crippen MR) is 65.5 cm³/mol. The second-order valence-electron chi connectivity index (χ2n) is 5.10. The number of pyridine rings is 1. The third kappa shape index (κ3) is 1.77. The molecule has 0 saturated carbocycles. The third-order valence-electron chi connectivity index (χ3n) is 2.66. The number of aryl methyl sites for hydroxylation is 1. The van der Waals surface area contributed by atoms with Gasteiger partial charge in [-0.15, -0.1) is 0 Å². The number of hydrogen-bond donors (Lipinski definition) is 1. The maximum Gasteiger partial charge on any atom is 0.260 e. The van der Waals surface area contributed by atoms with Crippen LogP contribution in [0.15, 0.2) is 10.9 Å². The molecule has 0 amide bonds. The highest BCUT2D eigenvalue weighted by Crippen LogP contribution is 2.22. The van der Waals surface area contributed by atoms with E-state index in [0.29, 0.717) is 11.9 Å². The van der Waals surface area contributed by atoms with Gasteiger partial charge in [-0.2, -0.15) is 5.10 Å². The molecule has 2 rings (SSSR count). The molecule has 0 aromatic carbocycles. The first kappa shape index (κ1) is 11.6. The summed E-state index contributed by atoms with van der Waals surface area (Å²) in [7, 11) is 0. The van der Waals surface area contributed by atoms with Crippen LogP contribution in [-0.4, -0.2) is 21.1 Å². The van der Waals surface area contributed by atoms with Crippen LogP contribution >= 0.6 is 0 Å². The number of nitrogens with one attached hydrogen (secondary N) is 1. The molecule has 0 spiro atoms. The lowest BCUT2D eigenvalue weighted by Crippen LogP contribution is -2.25. The van der Waals surface area contributed by atoms with Crippen molar-refractivity contribution in [1.29, 1.82) is 0 Å². The molecular formula is C12H15N3O2. The Morgan fingerprint density at radius 2 is 2.06 bits per heavy atom. The molecular weight excluding hydrogens is 218 g/mol. The monoisotopic (exact) mass is 233 g/mol. The van der Waals surface area contributed by atoms with Crippen molar-refractivity contribution in [2.24, 2.45) is 0 Å². The van der Waals surface area contributed by atoms with Crippen molar-refractivity contribution in [3.63, 3.8) is 0 Å². The van der Waals surface area contributed by atoms with Crippen LogP contribution in [0.5, 0.6) is 0 Å². The lowest BCUT2D eigenvalue weighted by atomic mass is 10.1. The quantitative estimate of drug-likeness (QED) is 0.761. The van der Waals surface area contributed by atoms with Crippen molar-refractivity contribution in [2.75, 3.05) is 0 Å². The standard InChI is InChI=1S/C12H15N3O2/c1-7-9-5-8(6-16)11(17)13-10(9)15(14-7)12(2,3)4/h5-6H,1-4H3,(H,13,17). The van der Waals surface area contributed by atoms with Gasteiger partial charge in [-0.25, -0.2) is 4.68 Å². The van der Waals surface area contributed by atoms with Crippen LogP contribution < -0.4 is 5.56 Å². The van der Waals surface area contributed by atoms with Gasteiger partial charge in [0.15, 0.2) is 6.29 Å². The molecule has 1 N–H and O–H groups in total. The third-order valence-corrected chi connectivity index (χ3v) is 2.66. The summed E-state index contributed by atoms with van der Waals surface area (Å²) in [5.41, 5.74) is 0.991. The van der Waals surface area contributed by atoms with Gasteiger partial charge < -0.3 is 4.98 Å². The molecule has 0 aliphatic carbocycles. The fourth-order valence-electron chi connectivity index (χ4n) is 1.81. The van der Waals surface area contributed by atoms with E-state index >= 15 is 0 Å². The summed E-state index contributed by atoms with van der Waals surface area (Å²) in [5, 5.41) is 5.22. The SMILES string of the molecule is Cc1nn(C(C)(C)C)c2[nH]c(=O)c(C=O)cc12. The highest BCUT2D eigenvalue weighted by molar-refractivity contribution is 5.85. The molecule has 2 aromatic heterocycles. The molecule has 0 saturated heterocycles. The highest BCUT2D eigenvalue weighted by Gasteiger charge is 2.20. The molecule has 2 aromatic rings. The van der Waals surface area contributed by atoms with Crippen LogP contribution in [-0.2, 0) is 5.54 Å². The highest BCUT2D eigenvalue weighted by atomic mass is 16.1. The molecule has 2 heterocycles. The Bertz CT molecular complexity index is 644. The van der Waals surface area contributed by atoms with Crippen molar-refractivity contribution in [3.8, 4) is 0 Å². The Morgan fingerprint density at radius 3 is 2.59 bits per heavy atom. The van der Waals surface area contributed by atoms with Crippen LogP contribution in [0.3, 0.4) is 0 Å². The zero-order chi connectivity index (χ0) is 12.8. The number of hydrogen-bond acceptors (Lipinski definition) is 3. The second-order valence-corrected chi connectivity index (χ2v) is 5.10. The number of aldehydes is 1. The molecule has 0 unspecified atom stereocenters. The van der Waals surface area contributed by atoms with Crippen molar-refractivity contribution in [1.82, 2.24) is 14.8 Å². The number of carbonyl (C=O) groups is 1. The average molecular weight is 233 g/mol. The zero-order valence-electron chi connectivity index (χ0n) is 10.4. The molecule has 0 atom stereocenters. The van der Waals surface area contributed by atoms with E-state index in [1.165, 1.54) is 0 Å². The number of rotatable bonds is 1.